The van der Waals surface area contributed by atoms with E-state index in [1.807, 2.05) is 0 Å². The number of carbonyl (C=O) groups is 1. The third-order valence-corrected chi connectivity index (χ3v) is 4.41. The smallest absolute Gasteiger partial charge is 0.238 e. The number of halogens is 1. The average Bonchev–Trinajstić information content (AvgIpc) is 2.95. The van der Waals surface area contributed by atoms with Gasteiger partial charge in [0, 0.05) is 11.6 Å². The zero-order valence-corrected chi connectivity index (χ0v) is 10.6. The van der Waals surface area contributed by atoms with Crippen LogP contribution in [0.5, 0.6) is 0 Å². The van der Waals surface area contributed by atoms with Crippen LogP contribution in [-0.2, 0) is 9.53 Å². The van der Waals surface area contributed by atoms with Crippen LogP contribution in [0.1, 0.15) is 19.3 Å². The summed E-state index contributed by atoms with van der Waals surface area (Å²) in [5, 5.41) is 6.30. The third kappa shape index (κ3) is 2.32. The summed E-state index contributed by atoms with van der Waals surface area (Å²) in [7, 11) is 0. The monoisotopic (exact) mass is 264 g/mol. The van der Waals surface area contributed by atoms with Gasteiger partial charge in [-0.05, 0) is 19.3 Å². The highest BCUT2D eigenvalue weighted by molar-refractivity contribution is 7.99. The van der Waals surface area contributed by atoms with E-state index in [0.717, 1.165) is 24.5 Å². The molecule has 2 N–H and O–H groups in total. The Morgan fingerprint density at radius 2 is 2.31 bits per heavy atom. The van der Waals surface area contributed by atoms with Gasteiger partial charge in [0.1, 0.15) is 0 Å². The summed E-state index contributed by atoms with van der Waals surface area (Å²) >= 11 is 1.78. The summed E-state index contributed by atoms with van der Waals surface area (Å²) in [6, 6.07) is 0.276. The number of carbonyl (C=O) groups excluding carboxylic acids is 1. The van der Waals surface area contributed by atoms with Gasteiger partial charge in [0.25, 0.3) is 0 Å². The summed E-state index contributed by atoms with van der Waals surface area (Å²) < 4.78 is 5.71. The first-order valence-corrected chi connectivity index (χ1v) is 6.75. The lowest BCUT2D eigenvalue weighted by Gasteiger charge is -2.21. The van der Waals surface area contributed by atoms with Gasteiger partial charge in [-0.15, -0.1) is 24.2 Å². The van der Waals surface area contributed by atoms with Gasteiger partial charge in [-0.2, -0.15) is 0 Å². The fraction of sp³-hybridized carbons (Fsp3) is 0.900. The zero-order valence-electron chi connectivity index (χ0n) is 8.98. The quantitative estimate of drug-likeness (QED) is 0.763. The van der Waals surface area contributed by atoms with E-state index in [9.17, 15) is 4.79 Å². The summed E-state index contributed by atoms with van der Waals surface area (Å²) in [6.45, 7) is 0. The van der Waals surface area contributed by atoms with Crippen molar-refractivity contribution < 1.29 is 9.53 Å². The van der Waals surface area contributed by atoms with E-state index in [0.29, 0.717) is 6.10 Å². The molecular formula is C10H17ClN2O2S. The van der Waals surface area contributed by atoms with Crippen molar-refractivity contribution in [2.24, 2.45) is 0 Å². The van der Waals surface area contributed by atoms with Crippen molar-refractivity contribution >= 4 is 30.1 Å². The molecule has 0 aromatic carbocycles. The molecule has 3 aliphatic rings. The minimum Gasteiger partial charge on any atom is -0.373 e. The Balaban J connectivity index is 0.000000963. The molecule has 0 radical (unpaired) electrons. The second kappa shape index (κ2) is 5.12. The first-order chi connectivity index (χ1) is 7.33. The van der Waals surface area contributed by atoms with E-state index < -0.39 is 0 Å². The van der Waals surface area contributed by atoms with Crippen molar-refractivity contribution in [1.29, 1.82) is 0 Å². The van der Waals surface area contributed by atoms with E-state index >= 15 is 0 Å². The lowest BCUT2D eigenvalue weighted by Crippen LogP contribution is -2.49. The van der Waals surface area contributed by atoms with Crippen LogP contribution < -0.4 is 10.6 Å². The third-order valence-electron chi connectivity index (χ3n) is 3.47. The van der Waals surface area contributed by atoms with Crippen molar-refractivity contribution in [1.82, 2.24) is 10.6 Å². The van der Waals surface area contributed by atoms with Crippen LogP contribution in [-0.4, -0.2) is 41.8 Å². The minimum atomic E-state index is 0. The van der Waals surface area contributed by atoms with E-state index in [-0.39, 0.29) is 36.5 Å². The number of rotatable bonds is 2. The number of amides is 1. The zero-order chi connectivity index (χ0) is 10.3. The molecule has 16 heavy (non-hydrogen) atoms. The maximum Gasteiger partial charge on any atom is 0.238 e. The van der Waals surface area contributed by atoms with Gasteiger partial charge >= 0.3 is 0 Å². The maximum atomic E-state index is 11.8. The van der Waals surface area contributed by atoms with E-state index in [1.54, 1.807) is 11.8 Å². The standard InChI is InChI=1S/C10H16N2O2S.ClH/c13-10(8-4-15-5-11-8)12-7-3-6-1-2-9(7)14-6;/h6-9,11H,1-5H2,(H,12,13);1H. The Bertz CT molecular complexity index is 274. The molecule has 3 saturated heterocycles. The predicted molar refractivity (Wildman–Crippen MR) is 65.9 cm³/mol. The van der Waals surface area contributed by atoms with Gasteiger partial charge in [-0.1, -0.05) is 0 Å². The summed E-state index contributed by atoms with van der Waals surface area (Å²) in [5.74, 6) is 1.94. The highest BCUT2D eigenvalue weighted by Crippen LogP contribution is 2.34. The second-order valence-corrected chi connectivity index (χ2v) is 5.53. The number of hydrogen-bond acceptors (Lipinski definition) is 4. The molecule has 0 aromatic heterocycles. The van der Waals surface area contributed by atoms with E-state index in [4.69, 9.17) is 4.74 Å². The average molecular weight is 265 g/mol. The van der Waals surface area contributed by atoms with Gasteiger partial charge in [0.05, 0.1) is 24.3 Å². The Morgan fingerprint density at radius 1 is 1.44 bits per heavy atom. The lowest BCUT2D eigenvalue weighted by molar-refractivity contribution is -0.123. The summed E-state index contributed by atoms with van der Waals surface area (Å²) in [5.41, 5.74) is 0. The van der Waals surface area contributed by atoms with Crippen molar-refractivity contribution in [3.05, 3.63) is 0 Å². The Hall–Kier alpha value is 0.0300. The molecule has 0 spiro atoms. The molecule has 3 fully saturated rings. The Morgan fingerprint density at radius 3 is 2.88 bits per heavy atom. The molecule has 6 heteroatoms. The van der Waals surface area contributed by atoms with Gasteiger partial charge in [-0.25, -0.2) is 0 Å². The van der Waals surface area contributed by atoms with Crippen molar-refractivity contribution in [2.75, 3.05) is 11.6 Å². The topological polar surface area (TPSA) is 50.4 Å². The van der Waals surface area contributed by atoms with Crippen LogP contribution >= 0.6 is 24.2 Å². The first-order valence-electron chi connectivity index (χ1n) is 5.60. The summed E-state index contributed by atoms with van der Waals surface area (Å²) in [6.07, 6.45) is 3.99. The highest BCUT2D eigenvalue weighted by Gasteiger charge is 2.42. The number of hydrogen-bond donors (Lipinski definition) is 2. The normalized spacial score (nSPS) is 40.8. The molecule has 92 valence electrons. The highest BCUT2D eigenvalue weighted by atomic mass is 35.5. The number of thioether (sulfide) groups is 1. The first kappa shape index (κ1) is 12.5. The SMILES string of the molecule is Cl.O=C(NC1CC2CCC1O2)C1CSCN1. The van der Waals surface area contributed by atoms with Crippen LogP contribution in [0.2, 0.25) is 0 Å². The predicted octanol–water partition coefficient (Wildman–Crippen LogP) is 0.507. The molecule has 3 aliphatic heterocycles. The van der Waals surface area contributed by atoms with Crippen molar-refractivity contribution in [3.63, 3.8) is 0 Å². The van der Waals surface area contributed by atoms with Crippen LogP contribution in [0.3, 0.4) is 0 Å². The number of ether oxygens (including phenoxy) is 1. The minimum absolute atomic E-state index is 0. The second-order valence-electron chi connectivity index (χ2n) is 4.50. The van der Waals surface area contributed by atoms with Crippen LogP contribution in [0.25, 0.3) is 0 Å². The molecule has 4 nitrogen and oxygen atoms in total. The van der Waals surface area contributed by atoms with Crippen LogP contribution in [0.15, 0.2) is 0 Å². The molecule has 1 amide bonds. The van der Waals surface area contributed by atoms with Gasteiger partial charge in [-0.3, -0.25) is 10.1 Å². The largest absolute Gasteiger partial charge is 0.373 e. The molecule has 4 atom stereocenters. The van der Waals surface area contributed by atoms with Crippen LogP contribution in [0, 0.1) is 0 Å². The Kier molecular flexibility index (Phi) is 4.00. The van der Waals surface area contributed by atoms with Gasteiger partial charge < -0.3 is 10.1 Å². The molecule has 4 unspecified atom stereocenters. The van der Waals surface area contributed by atoms with E-state index in [2.05, 4.69) is 10.6 Å². The molecule has 2 bridgehead atoms. The Labute approximate surface area is 106 Å². The number of nitrogens with one attached hydrogen (secondary N) is 2. The van der Waals surface area contributed by atoms with Crippen molar-refractivity contribution in [2.45, 2.75) is 43.6 Å². The molecule has 3 heterocycles. The van der Waals surface area contributed by atoms with Gasteiger partial charge in [0.15, 0.2) is 0 Å². The molecule has 3 rings (SSSR count). The molecule has 0 aliphatic carbocycles. The molecule has 0 aromatic rings. The van der Waals surface area contributed by atoms with Crippen molar-refractivity contribution in [3.8, 4) is 0 Å². The fourth-order valence-corrected chi connectivity index (χ4v) is 3.58. The number of fused-ring (bicyclic) bond motifs is 2. The van der Waals surface area contributed by atoms with Gasteiger partial charge in [0.2, 0.25) is 5.91 Å². The lowest BCUT2D eigenvalue weighted by atomic mass is 9.95. The fourth-order valence-electron chi connectivity index (χ4n) is 2.64. The van der Waals surface area contributed by atoms with E-state index in [1.165, 1.54) is 6.42 Å². The summed E-state index contributed by atoms with van der Waals surface area (Å²) in [4.78, 5) is 11.8. The van der Waals surface area contributed by atoms with Crippen LogP contribution in [0.4, 0.5) is 0 Å². The maximum absolute atomic E-state index is 11.8. The molecular weight excluding hydrogens is 248 g/mol. The molecule has 0 saturated carbocycles.